The average Bonchev–Trinajstić information content (AvgIpc) is 2.79. The number of hydrogen-bond donors (Lipinski definition) is 1. The van der Waals surface area contributed by atoms with Gasteiger partial charge in [-0.2, -0.15) is 0 Å². The van der Waals surface area contributed by atoms with E-state index in [9.17, 15) is 13.2 Å². The van der Waals surface area contributed by atoms with Gasteiger partial charge in [-0.1, -0.05) is 42.1 Å². The minimum atomic E-state index is -3.57. The highest BCUT2D eigenvalue weighted by atomic mass is 32.2. The van der Waals surface area contributed by atoms with Crippen LogP contribution in [0.4, 0.5) is 5.69 Å². The predicted octanol–water partition coefficient (Wildman–Crippen LogP) is 4.67. The van der Waals surface area contributed by atoms with Crippen LogP contribution in [0.15, 0.2) is 87.5 Å². The van der Waals surface area contributed by atoms with Gasteiger partial charge < -0.3 is 10.1 Å². The van der Waals surface area contributed by atoms with E-state index in [0.29, 0.717) is 17.7 Å². The molecule has 32 heavy (non-hydrogen) atoms. The van der Waals surface area contributed by atoms with E-state index in [1.807, 2.05) is 54.6 Å². The molecule has 3 rings (SSSR count). The minimum Gasteiger partial charge on any atom is -0.496 e. The van der Waals surface area contributed by atoms with Crippen molar-refractivity contribution in [1.29, 1.82) is 0 Å². The Morgan fingerprint density at radius 2 is 1.69 bits per heavy atom. The quantitative estimate of drug-likeness (QED) is 0.492. The fourth-order valence-electron chi connectivity index (χ4n) is 3.06. The summed E-state index contributed by atoms with van der Waals surface area (Å²) >= 11 is 1.58. The number of nitrogens with one attached hydrogen (secondary N) is 1. The molecule has 1 amide bonds. The largest absolute Gasteiger partial charge is 0.496 e. The molecule has 1 N–H and O–H groups in total. The summed E-state index contributed by atoms with van der Waals surface area (Å²) in [5, 5.41) is 2.97. The topological polar surface area (TPSA) is 75.7 Å². The van der Waals surface area contributed by atoms with Gasteiger partial charge in [-0.25, -0.2) is 12.7 Å². The van der Waals surface area contributed by atoms with Crippen LogP contribution in [0, 0.1) is 0 Å². The number of benzene rings is 3. The van der Waals surface area contributed by atoms with Crippen LogP contribution in [0.25, 0.3) is 0 Å². The monoisotopic (exact) mass is 470 g/mol. The molecule has 0 aliphatic rings. The van der Waals surface area contributed by atoms with E-state index < -0.39 is 10.0 Å². The van der Waals surface area contributed by atoms with E-state index in [-0.39, 0.29) is 17.2 Å². The number of nitrogens with zero attached hydrogens (tertiary/aromatic N) is 1. The lowest BCUT2D eigenvalue weighted by molar-refractivity contribution is -0.116. The zero-order valence-electron chi connectivity index (χ0n) is 18.2. The highest BCUT2D eigenvalue weighted by molar-refractivity contribution is 7.99. The Morgan fingerprint density at radius 1 is 1.00 bits per heavy atom. The third-order valence-corrected chi connectivity index (χ3v) is 7.68. The SMILES string of the molecule is COc1ccc(S(=O)(=O)N(C)C)cc1CCC(=O)Nc1ccccc1Sc1ccccc1. The van der Waals surface area contributed by atoms with Crippen molar-refractivity contribution in [3.63, 3.8) is 0 Å². The molecular weight excluding hydrogens is 444 g/mol. The Kier molecular flexibility index (Phi) is 7.95. The molecule has 168 valence electrons. The second-order valence-corrected chi connectivity index (χ2v) is 10.5. The summed E-state index contributed by atoms with van der Waals surface area (Å²) in [7, 11) is 0.919. The maximum absolute atomic E-state index is 12.7. The summed E-state index contributed by atoms with van der Waals surface area (Å²) < 4.78 is 31.4. The Morgan fingerprint density at radius 3 is 2.38 bits per heavy atom. The molecule has 0 aliphatic heterocycles. The van der Waals surface area contributed by atoms with Crippen LogP contribution in [-0.4, -0.2) is 39.8 Å². The summed E-state index contributed by atoms with van der Waals surface area (Å²) in [6, 6.07) is 22.3. The van der Waals surface area contributed by atoms with Crippen molar-refractivity contribution in [3.05, 3.63) is 78.4 Å². The van der Waals surface area contributed by atoms with Crippen LogP contribution >= 0.6 is 11.8 Å². The number of para-hydroxylation sites is 1. The van der Waals surface area contributed by atoms with E-state index in [0.717, 1.165) is 19.8 Å². The van der Waals surface area contributed by atoms with Gasteiger partial charge in [-0.3, -0.25) is 4.79 Å². The number of sulfonamides is 1. The molecule has 0 unspecified atom stereocenters. The fourth-order valence-corrected chi connectivity index (χ4v) is 4.93. The highest BCUT2D eigenvalue weighted by Crippen LogP contribution is 2.33. The third kappa shape index (κ3) is 5.91. The van der Waals surface area contributed by atoms with E-state index in [2.05, 4.69) is 5.32 Å². The Hall–Kier alpha value is -2.81. The average molecular weight is 471 g/mol. The van der Waals surface area contributed by atoms with Gasteiger partial charge in [0.05, 0.1) is 17.7 Å². The molecule has 0 aromatic heterocycles. The van der Waals surface area contributed by atoms with Gasteiger partial charge in [0.2, 0.25) is 15.9 Å². The number of carbonyl (C=O) groups is 1. The summed E-state index contributed by atoms with van der Waals surface area (Å²) in [5.74, 6) is 0.393. The Bertz CT molecular complexity index is 1180. The molecule has 0 heterocycles. The lowest BCUT2D eigenvalue weighted by atomic mass is 10.1. The van der Waals surface area contributed by atoms with Crippen LogP contribution in [0.1, 0.15) is 12.0 Å². The number of anilines is 1. The molecule has 6 nitrogen and oxygen atoms in total. The maximum Gasteiger partial charge on any atom is 0.242 e. The van der Waals surface area contributed by atoms with E-state index in [1.165, 1.54) is 27.3 Å². The Balaban J connectivity index is 1.72. The first kappa shape index (κ1) is 23.8. The lowest BCUT2D eigenvalue weighted by Gasteiger charge is -2.15. The van der Waals surface area contributed by atoms with Crippen molar-refractivity contribution in [2.45, 2.75) is 27.5 Å². The molecule has 0 fully saturated rings. The molecule has 3 aromatic carbocycles. The molecule has 0 radical (unpaired) electrons. The van der Waals surface area contributed by atoms with Crippen molar-refractivity contribution in [2.75, 3.05) is 26.5 Å². The number of amides is 1. The molecule has 0 atom stereocenters. The van der Waals surface area contributed by atoms with E-state index in [1.54, 1.807) is 23.9 Å². The molecular formula is C24H26N2O4S2. The molecule has 0 spiro atoms. The van der Waals surface area contributed by atoms with Crippen LogP contribution in [0.5, 0.6) is 5.75 Å². The number of hydrogen-bond acceptors (Lipinski definition) is 5. The van der Waals surface area contributed by atoms with Gasteiger partial charge in [0, 0.05) is 30.3 Å². The zero-order valence-corrected chi connectivity index (χ0v) is 19.9. The maximum atomic E-state index is 12.7. The lowest BCUT2D eigenvalue weighted by Crippen LogP contribution is -2.22. The third-order valence-electron chi connectivity index (χ3n) is 4.78. The molecule has 0 aliphatic carbocycles. The van der Waals surface area contributed by atoms with Gasteiger partial charge in [0.15, 0.2) is 0 Å². The second-order valence-electron chi connectivity index (χ2n) is 7.22. The van der Waals surface area contributed by atoms with Gasteiger partial charge >= 0.3 is 0 Å². The van der Waals surface area contributed by atoms with Gasteiger partial charge in [0.25, 0.3) is 0 Å². The number of aryl methyl sites for hydroxylation is 1. The molecule has 0 bridgehead atoms. The standard InChI is InChI=1S/C24H26N2O4S2/c1-26(2)32(28,29)20-14-15-22(30-3)18(17-20)13-16-24(27)25-21-11-7-8-12-23(21)31-19-9-5-4-6-10-19/h4-12,14-15,17H,13,16H2,1-3H3,(H,25,27). The first-order valence-electron chi connectivity index (χ1n) is 10.0. The van der Waals surface area contributed by atoms with Gasteiger partial charge in [0.1, 0.15) is 5.75 Å². The summed E-state index contributed by atoms with van der Waals surface area (Å²) in [5.41, 5.74) is 1.40. The van der Waals surface area contributed by atoms with Gasteiger partial charge in [-0.15, -0.1) is 0 Å². The van der Waals surface area contributed by atoms with Crippen molar-refractivity contribution >= 4 is 33.4 Å². The van der Waals surface area contributed by atoms with Crippen LogP contribution in [0.2, 0.25) is 0 Å². The zero-order chi connectivity index (χ0) is 23.1. The van der Waals surface area contributed by atoms with Crippen LogP contribution in [0.3, 0.4) is 0 Å². The molecule has 0 saturated carbocycles. The highest BCUT2D eigenvalue weighted by Gasteiger charge is 2.19. The fraction of sp³-hybridized carbons (Fsp3) is 0.208. The molecule has 0 saturated heterocycles. The van der Waals surface area contributed by atoms with Crippen molar-refractivity contribution in [1.82, 2.24) is 4.31 Å². The van der Waals surface area contributed by atoms with Crippen molar-refractivity contribution in [3.8, 4) is 5.75 Å². The second kappa shape index (κ2) is 10.7. The van der Waals surface area contributed by atoms with Crippen LogP contribution in [-0.2, 0) is 21.2 Å². The van der Waals surface area contributed by atoms with Crippen LogP contribution < -0.4 is 10.1 Å². The molecule has 3 aromatic rings. The Labute approximate surface area is 193 Å². The minimum absolute atomic E-state index is 0.158. The predicted molar refractivity (Wildman–Crippen MR) is 128 cm³/mol. The van der Waals surface area contributed by atoms with Crippen molar-refractivity contribution < 1.29 is 17.9 Å². The summed E-state index contributed by atoms with van der Waals surface area (Å²) in [4.78, 5) is 14.9. The summed E-state index contributed by atoms with van der Waals surface area (Å²) in [6.45, 7) is 0. The number of carbonyl (C=O) groups excluding carboxylic acids is 1. The normalized spacial score (nSPS) is 11.4. The van der Waals surface area contributed by atoms with Gasteiger partial charge in [-0.05, 0) is 54.4 Å². The first-order valence-corrected chi connectivity index (χ1v) is 12.3. The first-order chi connectivity index (χ1) is 15.3. The van der Waals surface area contributed by atoms with E-state index >= 15 is 0 Å². The number of rotatable bonds is 9. The van der Waals surface area contributed by atoms with E-state index in [4.69, 9.17) is 4.74 Å². The molecule has 8 heteroatoms. The summed E-state index contributed by atoms with van der Waals surface area (Å²) in [6.07, 6.45) is 0.534. The van der Waals surface area contributed by atoms with Crippen molar-refractivity contribution in [2.24, 2.45) is 0 Å². The smallest absolute Gasteiger partial charge is 0.242 e. The number of methoxy groups -OCH3 is 1. The number of ether oxygens (including phenoxy) is 1.